The first-order chi connectivity index (χ1) is 9.15. The Morgan fingerprint density at radius 3 is 2.89 bits per heavy atom. The molecule has 0 saturated heterocycles. The van der Waals surface area contributed by atoms with E-state index in [1.165, 1.54) is 11.2 Å². The van der Waals surface area contributed by atoms with E-state index in [1.54, 1.807) is 12.3 Å². The van der Waals surface area contributed by atoms with Crippen molar-refractivity contribution in [2.24, 2.45) is 7.05 Å². The maximum atomic E-state index is 5.79. The van der Waals surface area contributed by atoms with Gasteiger partial charge in [0.25, 0.3) is 0 Å². The third-order valence-electron chi connectivity index (χ3n) is 3.22. The minimum atomic E-state index is 0.237. The van der Waals surface area contributed by atoms with Crippen LogP contribution in [0.4, 0.5) is 11.5 Å². The number of fused-ring (bicyclic) bond motifs is 1. The summed E-state index contributed by atoms with van der Waals surface area (Å²) in [5.74, 6) is 0.689. The van der Waals surface area contributed by atoms with Gasteiger partial charge in [-0.3, -0.25) is 0 Å². The lowest BCUT2D eigenvalue weighted by Gasteiger charge is -2.07. The molecule has 2 heterocycles. The second kappa shape index (κ2) is 4.55. The van der Waals surface area contributed by atoms with Gasteiger partial charge in [-0.1, -0.05) is 6.07 Å². The first-order valence-corrected chi connectivity index (χ1v) is 6.33. The summed E-state index contributed by atoms with van der Waals surface area (Å²) in [7, 11) is 2.06. The quantitative estimate of drug-likeness (QED) is 0.724. The Morgan fingerprint density at radius 1 is 1.26 bits per heavy atom. The van der Waals surface area contributed by atoms with Crippen LogP contribution in [0, 0.1) is 6.92 Å². The molecule has 96 valence electrons. The van der Waals surface area contributed by atoms with Crippen LogP contribution in [0.3, 0.4) is 0 Å². The summed E-state index contributed by atoms with van der Waals surface area (Å²) in [4.78, 5) is 8.01. The van der Waals surface area contributed by atoms with Gasteiger partial charge in [-0.2, -0.15) is 0 Å². The van der Waals surface area contributed by atoms with Crippen molar-refractivity contribution >= 4 is 34.0 Å². The Labute approximate surface area is 116 Å². The second-order valence-electron chi connectivity index (χ2n) is 4.42. The Morgan fingerprint density at radius 2 is 2.11 bits per heavy atom. The molecule has 0 radical (unpaired) electrons. The average molecular weight is 273 g/mol. The molecule has 5 heteroatoms. The maximum absolute atomic E-state index is 5.79. The van der Waals surface area contributed by atoms with Crippen LogP contribution in [0.5, 0.6) is 0 Å². The molecule has 1 N–H and O–H groups in total. The highest BCUT2D eigenvalue weighted by Crippen LogP contribution is 2.28. The first kappa shape index (κ1) is 12.0. The van der Waals surface area contributed by atoms with Crippen LogP contribution in [0.2, 0.25) is 5.28 Å². The number of rotatable bonds is 2. The van der Waals surface area contributed by atoms with Crippen molar-refractivity contribution in [1.29, 1.82) is 0 Å². The number of halogens is 1. The normalized spacial score (nSPS) is 10.9. The zero-order chi connectivity index (χ0) is 13.4. The fraction of sp³-hybridized carbons (Fsp3) is 0.143. The molecular weight excluding hydrogens is 260 g/mol. The first-order valence-electron chi connectivity index (χ1n) is 5.96. The highest BCUT2D eigenvalue weighted by Gasteiger charge is 2.07. The van der Waals surface area contributed by atoms with Gasteiger partial charge in [0, 0.05) is 30.0 Å². The number of aromatic nitrogens is 3. The summed E-state index contributed by atoms with van der Waals surface area (Å²) >= 11 is 5.79. The standard InChI is InChI=1S/C14H13ClN4/c1-9-8-10-11(4-3-5-12(10)19(9)2)17-13-6-7-16-14(15)18-13/h3-8H,1-2H3,(H,16,17,18). The summed E-state index contributed by atoms with van der Waals surface area (Å²) in [6.45, 7) is 2.09. The smallest absolute Gasteiger partial charge is 0.224 e. The largest absolute Gasteiger partial charge is 0.348 e. The summed E-state index contributed by atoms with van der Waals surface area (Å²) in [6, 6.07) is 10.1. The molecule has 2 aromatic heterocycles. The molecular formula is C14H13ClN4. The van der Waals surface area contributed by atoms with Gasteiger partial charge in [0.05, 0.1) is 5.52 Å². The molecule has 0 amide bonds. The molecule has 3 rings (SSSR count). The Bertz CT molecular complexity index is 748. The zero-order valence-electron chi connectivity index (χ0n) is 10.7. The molecule has 0 spiro atoms. The number of hydrogen-bond acceptors (Lipinski definition) is 3. The van der Waals surface area contributed by atoms with Gasteiger partial charge < -0.3 is 9.88 Å². The van der Waals surface area contributed by atoms with Crippen molar-refractivity contribution in [3.05, 3.63) is 47.5 Å². The minimum absolute atomic E-state index is 0.237. The van der Waals surface area contributed by atoms with E-state index in [4.69, 9.17) is 11.6 Å². The lowest BCUT2D eigenvalue weighted by Crippen LogP contribution is -1.95. The van der Waals surface area contributed by atoms with Gasteiger partial charge in [0.15, 0.2) is 0 Å². The third-order valence-corrected chi connectivity index (χ3v) is 3.40. The fourth-order valence-corrected chi connectivity index (χ4v) is 2.29. The number of benzene rings is 1. The van der Waals surface area contributed by atoms with Crippen molar-refractivity contribution in [2.45, 2.75) is 6.92 Å². The summed E-state index contributed by atoms with van der Waals surface area (Å²) in [6.07, 6.45) is 1.63. The van der Waals surface area contributed by atoms with E-state index in [0.29, 0.717) is 5.82 Å². The SMILES string of the molecule is Cc1cc2c(Nc3ccnc(Cl)n3)cccc2n1C. The zero-order valence-corrected chi connectivity index (χ0v) is 11.4. The molecule has 0 bridgehead atoms. The lowest BCUT2D eigenvalue weighted by atomic mass is 10.2. The van der Waals surface area contributed by atoms with Crippen molar-refractivity contribution in [2.75, 3.05) is 5.32 Å². The van der Waals surface area contributed by atoms with Crippen molar-refractivity contribution in [3.8, 4) is 0 Å². The molecule has 1 aromatic carbocycles. The molecule has 0 aliphatic heterocycles. The van der Waals surface area contributed by atoms with Crippen LogP contribution >= 0.6 is 11.6 Å². The van der Waals surface area contributed by atoms with Crippen LogP contribution in [-0.4, -0.2) is 14.5 Å². The van der Waals surface area contributed by atoms with Crippen molar-refractivity contribution in [1.82, 2.24) is 14.5 Å². The van der Waals surface area contributed by atoms with Crippen LogP contribution < -0.4 is 5.32 Å². The van der Waals surface area contributed by atoms with Crippen LogP contribution in [-0.2, 0) is 7.05 Å². The van der Waals surface area contributed by atoms with Crippen LogP contribution in [0.1, 0.15) is 5.69 Å². The van der Waals surface area contributed by atoms with Gasteiger partial charge in [0.2, 0.25) is 5.28 Å². The molecule has 19 heavy (non-hydrogen) atoms. The maximum Gasteiger partial charge on any atom is 0.224 e. The third kappa shape index (κ3) is 2.15. The Kier molecular flexibility index (Phi) is 2.87. The number of nitrogens with zero attached hydrogens (tertiary/aromatic N) is 3. The average Bonchev–Trinajstić information content (AvgIpc) is 2.67. The second-order valence-corrected chi connectivity index (χ2v) is 4.76. The van der Waals surface area contributed by atoms with Gasteiger partial charge in [-0.05, 0) is 42.8 Å². The monoisotopic (exact) mass is 272 g/mol. The molecule has 0 unspecified atom stereocenters. The van der Waals surface area contributed by atoms with Gasteiger partial charge in [-0.25, -0.2) is 9.97 Å². The molecule has 0 saturated carbocycles. The number of aryl methyl sites for hydroxylation is 2. The van der Waals surface area contributed by atoms with Crippen molar-refractivity contribution in [3.63, 3.8) is 0 Å². The van der Waals surface area contributed by atoms with E-state index < -0.39 is 0 Å². The van der Waals surface area contributed by atoms with Crippen molar-refractivity contribution < 1.29 is 0 Å². The topological polar surface area (TPSA) is 42.7 Å². The molecule has 0 aliphatic carbocycles. The Balaban J connectivity index is 2.08. The number of anilines is 2. The van der Waals surface area contributed by atoms with E-state index >= 15 is 0 Å². The molecule has 0 fully saturated rings. The highest BCUT2D eigenvalue weighted by molar-refractivity contribution is 6.28. The van der Waals surface area contributed by atoms with E-state index in [0.717, 1.165) is 11.1 Å². The Hall–Kier alpha value is -2.07. The number of nitrogens with one attached hydrogen (secondary N) is 1. The van der Waals surface area contributed by atoms with Crippen LogP contribution in [0.25, 0.3) is 10.9 Å². The van der Waals surface area contributed by atoms with Gasteiger partial charge >= 0.3 is 0 Å². The molecule has 4 nitrogen and oxygen atoms in total. The minimum Gasteiger partial charge on any atom is -0.348 e. The van der Waals surface area contributed by atoms with Crippen LogP contribution in [0.15, 0.2) is 36.5 Å². The predicted octanol–water partition coefficient (Wildman–Crippen LogP) is 3.67. The summed E-state index contributed by atoms with van der Waals surface area (Å²) in [5.41, 5.74) is 3.41. The highest BCUT2D eigenvalue weighted by atomic mass is 35.5. The molecule has 0 aliphatic rings. The summed E-state index contributed by atoms with van der Waals surface area (Å²) < 4.78 is 2.16. The van der Waals surface area contributed by atoms with E-state index in [1.807, 2.05) is 12.1 Å². The van der Waals surface area contributed by atoms with Gasteiger partial charge in [-0.15, -0.1) is 0 Å². The van der Waals surface area contributed by atoms with E-state index in [9.17, 15) is 0 Å². The molecule has 3 aromatic rings. The summed E-state index contributed by atoms with van der Waals surface area (Å²) in [5, 5.41) is 4.68. The van der Waals surface area contributed by atoms with E-state index in [2.05, 4.69) is 46.0 Å². The van der Waals surface area contributed by atoms with E-state index in [-0.39, 0.29) is 5.28 Å². The lowest BCUT2D eigenvalue weighted by molar-refractivity contribution is 0.918. The van der Waals surface area contributed by atoms with Gasteiger partial charge in [0.1, 0.15) is 5.82 Å². The number of hydrogen-bond donors (Lipinski definition) is 1. The predicted molar refractivity (Wildman–Crippen MR) is 78.0 cm³/mol. The molecule has 0 atom stereocenters. The fourth-order valence-electron chi connectivity index (χ4n) is 2.14.